The van der Waals surface area contributed by atoms with E-state index in [0.717, 1.165) is 42.7 Å². The monoisotopic (exact) mass is 365 g/mol. The van der Waals surface area contributed by atoms with E-state index < -0.39 is 0 Å². The number of rotatable bonds is 3. The van der Waals surface area contributed by atoms with E-state index in [-0.39, 0.29) is 5.91 Å². The predicted molar refractivity (Wildman–Crippen MR) is 104 cm³/mol. The summed E-state index contributed by atoms with van der Waals surface area (Å²) < 4.78 is 1.74. The van der Waals surface area contributed by atoms with Crippen LogP contribution in [0.4, 0.5) is 0 Å². The molecule has 2 aromatic carbocycles. The number of carbonyl (C=O) groups excluding carboxylic acids is 1. The van der Waals surface area contributed by atoms with Crippen molar-refractivity contribution >= 4 is 17.5 Å². The van der Waals surface area contributed by atoms with Gasteiger partial charge in [0.25, 0.3) is 5.91 Å². The van der Waals surface area contributed by atoms with Gasteiger partial charge in [0.2, 0.25) is 0 Å². The second kappa shape index (κ2) is 6.96. The van der Waals surface area contributed by atoms with E-state index >= 15 is 0 Å². The molecule has 1 aromatic heterocycles. The lowest BCUT2D eigenvalue weighted by molar-refractivity contribution is 0.0784. The fourth-order valence-electron chi connectivity index (χ4n) is 3.37. The van der Waals surface area contributed by atoms with Crippen molar-refractivity contribution in [1.82, 2.24) is 14.7 Å². The van der Waals surface area contributed by atoms with Crippen LogP contribution >= 0.6 is 11.6 Å². The van der Waals surface area contributed by atoms with Gasteiger partial charge in [-0.05, 0) is 49.6 Å². The molecule has 1 amide bonds. The highest BCUT2D eigenvalue weighted by atomic mass is 35.5. The third kappa shape index (κ3) is 3.13. The van der Waals surface area contributed by atoms with Gasteiger partial charge in [0.15, 0.2) is 0 Å². The van der Waals surface area contributed by atoms with Gasteiger partial charge < -0.3 is 4.90 Å². The number of aryl methyl sites for hydroxylation is 1. The summed E-state index contributed by atoms with van der Waals surface area (Å²) in [6.07, 6.45) is 2.11. The lowest BCUT2D eigenvalue weighted by atomic mass is 10.1. The smallest absolute Gasteiger partial charge is 0.272 e. The van der Waals surface area contributed by atoms with Crippen molar-refractivity contribution in [1.29, 1.82) is 0 Å². The van der Waals surface area contributed by atoms with Crippen LogP contribution < -0.4 is 0 Å². The van der Waals surface area contributed by atoms with Gasteiger partial charge in [-0.15, -0.1) is 0 Å². The largest absolute Gasteiger partial charge is 0.337 e. The molecule has 1 saturated heterocycles. The first-order valence-electron chi connectivity index (χ1n) is 8.85. The Morgan fingerprint density at radius 1 is 1.04 bits per heavy atom. The van der Waals surface area contributed by atoms with Crippen LogP contribution in [0.1, 0.15) is 28.9 Å². The normalized spacial score (nSPS) is 14.0. The van der Waals surface area contributed by atoms with Gasteiger partial charge in [0, 0.05) is 18.7 Å². The molecule has 3 aromatic rings. The Balaban J connectivity index is 1.85. The third-order valence-corrected chi connectivity index (χ3v) is 5.05. The number of amides is 1. The fraction of sp³-hybridized carbons (Fsp3) is 0.238. The summed E-state index contributed by atoms with van der Waals surface area (Å²) in [6, 6.07) is 17.4. The minimum absolute atomic E-state index is 0.0230. The fourth-order valence-corrected chi connectivity index (χ4v) is 3.61. The number of nitrogens with zero attached hydrogens (tertiary/aromatic N) is 3. The maximum Gasteiger partial charge on any atom is 0.272 e. The van der Waals surface area contributed by atoms with E-state index in [4.69, 9.17) is 16.7 Å². The zero-order valence-corrected chi connectivity index (χ0v) is 15.4. The first-order valence-corrected chi connectivity index (χ1v) is 9.22. The van der Waals surface area contributed by atoms with Crippen LogP contribution in [0, 0.1) is 6.92 Å². The Kier molecular flexibility index (Phi) is 4.51. The molecule has 0 atom stereocenters. The zero-order chi connectivity index (χ0) is 18.1. The van der Waals surface area contributed by atoms with E-state index in [1.54, 1.807) is 4.68 Å². The molecule has 0 radical (unpaired) electrons. The molecular formula is C21H20ClN3O. The van der Waals surface area contributed by atoms with Gasteiger partial charge in [-0.25, -0.2) is 4.68 Å². The average Bonchev–Trinajstić information content (AvgIpc) is 3.32. The van der Waals surface area contributed by atoms with E-state index in [1.807, 2.05) is 66.4 Å². The minimum Gasteiger partial charge on any atom is -0.337 e. The maximum atomic E-state index is 13.1. The maximum absolute atomic E-state index is 13.1. The summed E-state index contributed by atoms with van der Waals surface area (Å²) in [7, 11) is 0. The molecule has 4 rings (SSSR count). The van der Waals surface area contributed by atoms with Crippen LogP contribution in [0.5, 0.6) is 0 Å². The quantitative estimate of drug-likeness (QED) is 0.672. The number of hydrogen-bond acceptors (Lipinski definition) is 2. The van der Waals surface area contributed by atoms with Crippen molar-refractivity contribution in [3.05, 3.63) is 70.9 Å². The number of likely N-dealkylation sites (tertiary alicyclic amines) is 1. The minimum atomic E-state index is 0.0230. The molecule has 26 heavy (non-hydrogen) atoms. The highest BCUT2D eigenvalue weighted by Crippen LogP contribution is 2.29. The second-order valence-corrected chi connectivity index (χ2v) is 7.05. The van der Waals surface area contributed by atoms with Gasteiger partial charge in [-0.3, -0.25) is 4.79 Å². The van der Waals surface area contributed by atoms with Crippen molar-refractivity contribution < 1.29 is 4.79 Å². The van der Waals surface area contributed by atoms with Crippen molar-refractivity contribution in [2.75, 3.05) is 13.1 Å². The van der Waals surface area contributed by atoms with Gasteiger partial charge >= 0.3 is 0 Å². The lowest BCUT2D eigenvalue weighted by Crippen LogP contribution is -2.29. The van der Waals surface area contributed by atoms with Gasteiger partial charge in [-0.2, -0.15) is 5.10 Å². The molecule has 5 heteroatoms. The average molecular weight is 366 g/mol. The van der Waals surface area contributed by atoms with Crippen molar-refractivity contribution in [3.8, 4) is 16.9 Å². The number of benzene rings is 2. The van der Waals surface area contributed by atoms with Crippen LogP contribution in [0.15, 0.2) is 54.6 Å². The molecule has 132 valence electrons. The second-order valence-electron chi connectivity index (χ2n) is 6.64. The summed E-state index contributed by atoms with van der Waals surface area (Å²) in [4.78, 5) is 15.0. The van der Waals surface area contributed by atoms with Crippen molar-refractivity contribution in [2.45, 2.75) is 19.8 Å². The van der Waals surface area contributed by atoms with Crippen LogP contribution in [0.2, 0.25) is 5.02 Å². The Labute approximate surface area is 158 Å². The molecule has 1 fully saturated rings. The third-order valence-electron chi connectivity index (χ3n) is 4.72. The van der Waals surface area contributed by atoms with E-state index in [0.29, 0.717) is 16.4 Å². The summed E-state index contributed by atoms with van der Waals surface area (Å²) >= 11 is 6.35. The number of halogens is 1. The van der Waals surface area contributed by atoms with E-state index in [2.05, 4.69) is 0 Å². The Morgan fingerprint density at radius 3 is 2.54 bits per heavy atom. The summed E-state index contributed by atoms with van der Waals surface area (Å²) in [5.74, 6) is 0.0230. The molecule has 0 unspecified atom stereocenters. The number of carbonyl (C=O) groups is 1. The molecular weight excluding hydrogens is 346 g/mol. The molecule has 0 N–H and O–H groups in total. The Bertz CT molecular complexity index is 957. The number of hydrogen-bond donors (Lipinski definition) is 0. The summed E-state index contributed by atoms with van der Waals surface area (Å²) in [5.41, 5.74) is 4.12. The van der Waals surface area contributed by atoms with E-state index in [9.17, 15) is 4.79 Å². The van der Waals surface area contributed by atoms with Gasteiger partial charge in [-0.1, -0.05) is 41.9 Å². The number of aromatic nitrogens is 2. The molecule has 0 saturated carbocycles. The molecule has 1 aliphatic rings. The highest BCUT2D eigenvalue weighted by molar-refractivity contribution is 6.33. The van der Waals surface area contributed by atoms with Crippen LogP contribution in [-0.4, -0.2) is 33.7 Å². The molecule has 2 heterocycles. The lowest BCUT2D eigenvalue weighted by Gasteiger charge is -2.16. The van der Waals surface area contributed by atoms with Gasteiger partial charge in [0.05, 0.1) is 16.4 Å². The molecule has 4 nitrogen and oxygen atoms in total. The standard InChI is InChI=1S/C21H20ClN3O/c1-15-7-6-8-16(13-15)25-20(21(26)24-11-4-5-12-24)14-19(23-25)17-9-2-3-10-18(17)22/h2-3,6-10,13-14H,4-5,11-12H2,1H3. The van der Waals surface area contributed by atoms with Gasteiger partial charge in [0.1, 0.15) is 5.69 Å². The van der Waals surface area contributed by atoms with Crippen LogP contribution in [0.25, 0.3) is 16.9 Å². The SMILES string of the molecule is Cc1cccc(-n2nc(-c3ccccc3Cl)cc2C(=O)N2CCCC2)c1. The molecule has 1 aliphatic heterocycles. The van der Waals surface area contributed by atoms with Crippen molar-refractivity contribution in [3.63, 3.8) is 0 Å². The molecule has 0 aliphatic carbocycles. The van der Waals surface area contributed by atoms with Crippen LogP contribution in [0.3, 0.4) is 0 Å². The molecule has 0 bridgehead atoms. The summed E-state index contributed by atoms with van der Waals surface area (Å²) in [6.45, 7) is 3.64. The van der Waals surface area contributed by atoms with E-state index in [1.165, 1.54) is 0 Å². The molecule has 0 spiro atoms. The predicted octanol–water partition coefficient (Wildman–Crippen LogP) is 4.74. The Morgan fingerprint density at radius 2 is 1.81 bits per heavy atom. The Hall–Kier alpha value is -2.59. The zero-order valence-electron chi connectivity index (χ0n) is 14.7. The van der Waals surface area contributed by atoms with Crippen LogP contribution in [-0.2, 0) is 0 Å². The van der Waals surface area contributed by atoms with Crippen molar-refractivity contribution in [2.24, 2.45) is 0 Å². The highest BCUT2D eigenvalue weighted by Gasteiger charge is 2.25. The first-order chi connectivity index (χ1) is 12.6. The summed E-state index contributed by atoms with van der Waals surface area (Å²) in [5, 5.41) is 5.36. The topological polar surface area (TPSA) is 38.1 Å². The first kappa shape index (κ1) is 16.9.